The van der Waals surface area contributed by atoms with Crippen LogP contribution in [0.1, 0.15) is 11.1 Å². The molecular formula is C16H18BrNO3. The molecule has 21 heavy (non-hydrogen) atoms. The van der Waals surface area contributed by atoms with E-state index in [0.29, 0.717) is 24.7 Å². The molecule has 0 amide bonds. The lowest BCUT2D eigenvalue weighted by molar-refractivity contribution is 0.278. The largest absolute Gasteiger partial charge is 0.496 e. The van der Waals surface area contributed by atoms with Gasteiger partial charge in [0, 0.05) is 16.6 Å². The first-order valence-corrected chi connectivity index (χ1v) is 7.29. The fourth-order valence-corrected chi connectivity index (χ4v) is 2.38. The first kappa shape index (κ1) is 15.7. The van der Waals surface area contributed by atoms with Crippen LogP contribution in [0.25, 0.3) is 0 Å². The molecule has 0 saturated carbocycles. The molecule has 0 spiro atoms. The van der Waals surface area contributed by atoms with Crippen LogP contribution in [0.15, 0.2) is 40.9 Å². The minimum absolute atomic E-state index is 0.390. The van der Waals surface area contributed by atoms with Crippen molar-refractivity contribution in [1.82, 2.24) is 0 Å². The average Bonchev–Trinajstić information content (AvgIpc) is 2.52. The van der Waals surface area contributed by atoms with Gasteiger partial charge in [-0.05, 0) is 35.9 Å². The van der Waals surface area contributed by atoms with Crippen LogP contribution < -0.4 is 19.9 Å². The van der Waals surface area contributed by atoms with Gasteiger partial charge in [-0.3, -0.25) is 0 Å². The number of halogens is 1. The standard InChI is InChI=1S/C16H18BrNO3/c1-19-14-6-4-13(17)8-12(14)10-21-15-5-3-11(9-18)7-16(15)20-2/h3-8H,9-10,18H2,1-2H3. The van der Waals surface area contributed by atoms with Crippen molar-refractivity contribution in [2.24, 2.45) is 5.73 Å². The highest BCUT2D eigenvalue weighted by Gasteiger charge is 2.09. The van der Waals surface area contributed by atoms with E-state index in [1.54, 1.807) is 14.2 Å². The fourth-order valence-electron chi connectivity index (χ4n) is 1.97. The van der Waals surface area contributed by atoms with E-state index in [1.165, 1.54) is 0 Å². The van der Waals surface area contributed by atoms with Gasteiger partial charge in [0.05, 0.1) is 14.2 Å². The third-order valence-electron chi connectivity index (χ3n) is 3.09. The molecule has 5 heteroatoms. The summed E-state index contributed by atoms with van der Waals surface area (Å²) < 4.78 is 17.5. The topological polar surface area (TPSA) is 53.7 Å². The molecule has 112 valence electrons. The van der Waals surface area contributed by atoms with E-state index in [9.17, 15) is 0 Å². The first-order valence-electron chi connectivity index (χ1n) is 6.50. The lowest BCUT2D eigenvalue weighted by Crippen LogP contribution is -2.02. The van der Waals surface area contributed by atoms with Gasteiger partial charge in [-0.2, -0.15) is 0 Å². The summed E-state index contributed by atoms with van der Waals surface area (Å²) in [5, 5.41) is 0. The summed E-state index contributed by atoms with van der Waals surface area (Å²) in [4.78, 5) is 0. The summed E-state index contributed by atoms with van der Waals surface area (Å²) in [6.45, 7) is 0.858. The van der Waals surface area contributed by atoms with E-state index >= 15 is 0 Å². The first-order chi connectivity index (χ1) is 10.2. The average molecular weight is 352 g/mol. The minimum atomic E-state index is 0.390. The molecule has 2 N–H and O–H groups in total. The Morgan fingerprint density at radius 3 is 2.33 bits per heavy atom. The van der Waals surface area contributed by atoms with Crippen molar-refractivity contribution in [2.45, 2.75) is 13.2 Å². The quantitative estimate of drug-likeness (QED) is 0.865. The van der Waals surface area contributed by atoms with E-state index in [2.05, 4.69) is 15.9 Å². The summed E-state index contributed by atoms with van der Waals surface area (Å²) in [7, 11) is 3.26. The van der Waals surface area contributed by atoms with Gasteiger partial charge in [-0.25, -0.2) is 0 Å². The van der Waals surface area contributed by atoms with Crippen LogP contribution in [-0.2, 0) is 13.2 Å². The van der Waals surface area contributed by atoms with Gasteiger partial charge >= 0.3 is 0 Å². The van der Waals surface area contributed by atoms with Crippen LogP contribution in [0, 0.1) is 0 Å². The summed E-state index contributed by atoms with van der Waals surface area (Å²) >= 11 is 3.45. The Labute approximate surface area is 132 Å². The van der Waals surface area contributed by atoms with Crippen LogP contribution in [0.2, 0.25) is 0 Å². The summed E-state index contributed by atoms with van der Waals surface area (Å²) in [5.41, 5.74) is 7.58. The third-order valence-corrected chi connectivity index (χ3v) is 3.58. The number of ether oxygens (including phenoxy) is 3. The predicted molar refractivity (Wildman–Crippen MR) is 85.9 cm³/mol. The van der Waals surface area contributed by atoms with Crippen molar-refractivity contribution in [2.75, 3.05) is 14.2 Å². The highest BCUT2D eigenvalue weighted by Crippen LogP contribution is 2.30. The number of benzene rings is 2. The van der Waals surface area contributed by atoms with Crippen LogP contribution in [0.5, 0.6) is 17.2 Å². The molecule has 2 aromatic carbocycles. The maximum absolute atomic E-state index is 5.84. The normalized spacial score (nSPS) is 10.3. The molecule has 4 nitrogen and oxygen atoms in total. The van der Waals surface area contributed by atoms with Crippen LogP contribution >= 0.6 is 15.9 Å². The molecule has 2 rings (SSSR count). The Kier molecular flexibility index (Phi) is 5.47. The van der Waals surface area contributed by atoms with Gasteiger partial charge < -0.3 is 19.9 Å². The Bertz CT molecular complexity index is 616. The Hall–Kier alpha value is -1.72. The van der Waals surface area contributed by atoms with Crippen molar-refractivity contribution >= 4 is 15.9 Å². The van der Waals surface area contributed by atoms with Gasteiger partial charge in [-0.1, -0.05) is 22.0 Å². The van der Waals surface area contributed by atoms with Crippen LogP contribution in [0.3, 0.4) is 0 Å². The number of methoxy groups -OCH3 is 2. The molecule has 0 aromatic heterocycles. The molecule has 0 bridgehead atoms. The van der Waals surface area contributed by atoms with Gasteiger partial charge in [0.25, 0.3) is 0 Å². The smallest absolute Gasteiger partial charge is 0.161 e. The van der Waals surface area contributed by atoms with Crippen molar-refractivity contribution in [1.29, 1.82) is 0 Å². The predicted octanol–water partition coefficient (Wildman–Crippen LogP) is 3.50. The molecule has 0 aliphatic heterocycles. The van der Waals surface area contributed by atoms with E-state index in [4.69, 9.17) is 19.9 Å². The molecule has 0 saturated heterocycles. The second-order valence-electron chi connectivity index (χ2n) is 4.43. The van der Waals surface area contributed by atoms with Crippen LogP contribution in [-0.4, -0.2) is 14.2 Å². The fraction of sp³-hybridized carbons (Fsp3) is 0.250. The molecular weight excluding hydrogens is 334 g/mol. The molecule has 0 heterocycles. The lowest BCUT2D eigenvalue weighted by atomic mass is 10.2. The zero-order valence-electron chi connectivity index (χ0n) is 12.1. The zero-order chi connectivity index (χ0) is 15.2. The van der Waals surface area contributed by atoms with Crippen molar-refractivity contribution in [3.05, 3.63) is 52.0 Å². The maximum atomic E-state index is 5.84. The van der Waals surface area contributed by atoms with E-state index in [0.717, 1.165) is 21.3 Å². The van der Waals surface area contributed by atoms with Crippen molar-refractivity contribution in [3.8, 4) is 17.2 Å². The van der Waals surface area contributed by atoms with Crippen molar-refractivity contribution < 1.29 is 14.2 Å². The molecule has 0 radical (unpaired) electrons. The molecule has 2 aromatic rings. The number of rotatable bonds is 6. The lowest BCUT2D eigenvalue weighted by Gasteiger charge is -2.14. The number of hydrogen-bond donors (Lipinski definition) is 1. The Morgan fingerprint density at radius 2 is 1.67 bits per heavy atom. The molecule has 0 unspecified atom stereocenters. The Morgan fingerprint density at radius 1 is 0.952 bits per heavy atom. The summed E-state index contributed by atoms with van der Waals surface area (Å²) in [5.74, 6) is 2.14. The van der Waals surface area contributed by atoms with Gasteiger partial charge in [-0.15, -0.1) is 0 Å². The monoisotopic (exact) mass is 351 g/mol. The maximum Gasteiger partial charge on any atom is 0.161 e. The molecule has 0 aliphatic carbocycles. The van der Waals surface area contributed by atoms with Gasteiger partial charge in [0.15, 0.2) is 11.5 Å². The summed E-state index contributed by atoms with van der Waals surface area (Å²) in [6.07, 6.45) is 0. The number of nitrogens with two attached hydrogens (primary N) is 1. The van der Waals surface area contributed by atoms with E-state index in [1.807, 2.05) is 36.4 Å². The third kappa shape index (κ3) is 3.89. The van der Waals surface area contributed by atoms with E-state index in [-0.39, 0.29) is 0 Å². The van der Waals surface area contributed by atoms with Crippen molar-refractivity contribution in [3.63, 3.8) is 0 Å². The summed E-state index contributed by atoms with van der Waals surface area (Å²) in [6, 6.07) is 11.5. The zero-order valence-corrected chi connectivity index (χ0v) is 13.6. The number of hydrogen-bond acceptors (Lipinski definition) is 4. The van der Waals surface area contributed by atoms with Crippen LogP contribution in [0.4, 0.5) is 0 Å². The van der Waals surface area contributed by atoms with Gasteiger partial charge in [0.2, 0.25) is 0 Å². The highest BCUT2D eigenvalue weighted by molar-refractivity contribution is 9.10. The highest BCUT2D eigenvalue weighted by atomic mass is 79.9. The minimum Gasteiger partial charge on any atom is -0.496 e. The second-order valence-corrected chi connectivity index (χ2v) is 5.35. The Balaban J connectivity index is 2.18. The SMILES string of the molecule is COc1ccc(Br)cc1COc1ccc(CN)cc1OC. The van der Waals surface area contributed by atoms with E-state index < -0.39 is 0 Å². The van der Waals surface area contributed by atoms with Gasteiger partial charge in [0.1, 0.15) is 12.4 Å². The molecule has 0 fully saturated rings. The molecule has 0 atom stereocenters. The second kappa shape index (κ2) is 7.33. The molecule has 0 aliphatic rings.